The summed E-state index contributed by atoms with van der Waals surface area (Å²) in [4.78, 5) is 37.9. The van der Waals surface area contributed by atoms with E-state index >= 15 is 0 Å². The van der Waals surface area contributed by atoms with E-state index in [4.69, 9.17) is 4.74 Å². The lowest BCUT2D eigenvalue weighted by atomic mass is 9.92. The lowest BCUT2D eigenvalue weighted by Gasteiger charge is -2.24. The minimum absolute atomic E-state index is 0.00822. The molecule has 1 aliphatic carbocycles. The van der Waals surface area contributed by atoms with Crippen LogP contribution in [-0.4, -0.2) is 43.1 Å². The highest BCUT2D eigenvalue weighted by atomic mass is 16.5. The van der Waals surface area contributed by atoms with Crippen LogP contribution >= 0.6 is 0 Å². The molecule has 200 valence electrons. The normalized spacial score (nSPS) is 17.9. The number of hydrogen-bond acceptors (Lipinski definition) is 5. The molecule has 2 aromatic rings. The van der Waals surface area contributed by atoms with Gasteiger partial charge in [0.15, 0.2) is 0 Å². The number of piperidine rings is 1. The van der Waals surface area contributed by atoms with Gasteiger partial charge in [-0.25, -0.2) is 4.79 Å². The lowest BCUT2D eigenvalue weighted by molar-refractivity contribution is -0.126. The van der Waals surface area contributed by atoms with Crippen molar-refractivity contribution in [1.82, 2.24) is 16.0 Å². The monoisotopic (exact) mass is 516 g/mol. The molecule has 4 rings (SSSR count). The third-order valence-electron chi connectivity index (χ3n) is 7.33. The molecular weight excluding hydrogens is 480 g/mol. The summed E-state index contributed by atoms with van der Waals surface area (Å²) in [5, 5.41) is 17.9. The fraction of sp³-hybridized carbons (Fsp3) is 0.467. The summed E-state index contributed by atoms with van der Waals surface area (Å²) in [6.07, 6.45) is 2.34. The summed E-state index contributed by atoms with van der Waals surface area (Å²) in [6, 6.07) is 16.8. The van der Waals surface area contributed by atoms with Gasteiger partial charge in [-0.1, -0.05) is 62.4 Å². The molecule has 1 fully saturated rings. The fourth-order valence-electron chi connectivity index (χ4n) is 5.41. The molecule has 2 aliphatic rings. The third-order valence-corrected chi connectivity index (χ3v) is 7.33. The molecule has 0 unspecified atom stereocenters. The first kappa shape index (κ1) is 27.2. The van der Waals surface area contributed by atoms with Gasteiger partial charge in [-0.2, -0.15) is 5.26 Å². The van der Waals surface area contributed by atoms with Crippen LogP contribution in [0, 0.1) is 23.2 Å². The maximum absolute atomic E-state index is 13.1. The molecule has 0 spiro atoms. The van der Waals surface area contributed by atoms with Crippen LogP contribution in [0.1, 0.15) is 63.0 Å². The van der Waals surface area contributed by atoms with Crippen molar-refractivity contribution >= 4 is 17.9 Å². The van der Waals surface area contributed by atoms with Crippen molar-refractivity contribution in [2.75, 3.05) is 13.2 Å². The first-order valence-electron chi connectivity index (χ1n) is 13.5. The quantitative estimate of drug-likeness (QED) is 0.436. The Kier molecular flexibility index (Phi) is 9.01. The maximum Gasteiger partial charge on any atom is 0.407 e. The van der Waals surface area contributed by atoms with Gasteiger partial charge in [-0.3, -0.25) is 9.59 Å². The van der Waals surface area contributed by atoms with E-state index in [1.165, 1.54) is 0 Å². The highest BCUT2D eigenvalue weighted by molar-refractivity contribution is 5.86. The number of benzene rings is 2. The van der Waals surface area contributed by atoms with Gasteiger partial charge in [0.25, 0.3) is 0 Å². The van der Waals surface area contributed by atoms with Crippen molar-refractivity contribution in [1.29, 1.82) is 5.26 Å². The third kappa shape index (κ3) is 6.52. The van der Waals surface area contributed by atoms with Crippen LogP contribution in [0.4, 0.5) is 4.79 Å². The number of ether oxygens (including phenoxy) is 1. The number of nitriles is 1. The molecule has 3 amide bonds. The molecule has 0 aromatic heterocycles. The highest BCUT2D eigenvalue weighted by Crippen LogP contribution is 2.44. The number of alkyl carbamates (subject to hydrolysis) is 1. The zero-order valence-electron chi connectivity index (χ0n) is 22.0. The first-order chi connectivity index (χ1) is 18.4. The van der Waals surface area contributed by atoms with Crippen molar-refractivity contribution in [3.63, 3.8) is 0 Å². The molecule has 0 saturated carbocycles. The van der Waals surface area contributed by atoms with Gasteiger partial charge in [-0.15, -0.1) is 0 Å². The van der Waals surface area contributed by atoms with Crippen molar-refractivity contribution < 1.29 is 19.1 Å². The number of amides is 3. The summed E-state index contributed by atoms with van der Waals surface area (Å²) in [5.41, 5.74) is 4.51. The van der Waals surface area contributed by atoms with E-state index in [0.717, 1.165) is 35.1 Å². The zero-order valence-corrected chi connectivity index (χ0v) is 22.0. The molecule has 38 heavy (non-hydrogen) atoms. The average molecular weight is 517 g/mol. The van der Waals surface area contributed by atoms with Gasteiger partial charge in [0, 0.05) is 18.4 Å². The molecule has 8 nitrogen and oxygen atoms in total. The summed E-state index contributed by atoms with van der Waals surface area (Å²) >= 11 is 0. The van der Waals surface area contributed by atoms with Crippen LogP contribution in [0.3, 0.4) is 0 Å². The van der Waals surface area contributed by atoms with Crippen LogP contribution < -0.4 is 16.0 Å². The molecule has 3 N–H and O–H groups in total. The smallest absolute Gasteiger partial charge is 0.407 e. The standard InChI is InChI=1S/C30H36N4O4/c1-19(2)16-27(29(36)33-21(17-31)14-13-20-8-7-15-32-28(20)35)34-30(37)38-18-26-24-11-5-3-9-22(24)23-10-4-6-12-25(23)26/h3-6,9-12,19-21,26-27H,7-8,13-16,18H2,1-2H3,(H,32,35)(H,33,36)(H,34,37)/t20-,21-,27-/m0/s1. The van der Waals surface area contributed by atoms with Gasteiger partial charge in [0.05, 0.1) is 6.07 Å². The number of carbonyl (C=O) groups is 3. The Bertz CT molecular complexity index is 1160. The van der Waals surface area contributed by atoms with Gasteiger partial charge < -0.3 is 20.7 Å². The molecule has 1 saturated heterocycles. The van der Waals surface area contributed by atoms with Crippen LogP contribution in [-0.2, 0) is 14.3 Å². The van der Waals surface area contributed by atoms with Gasteiger partial charge in [0.2, 0.25) is 11.8 Å². The van der Waals surface area contributed by atoms with E-state index in [9.17, 15) is 19.6 Å². The number of nitrogens with one attached hydrogen (secondary N) is 3. The van der Waals surface area contributed by atoms with Crippen molar-refractivity contribution in [3.8, 4) is 17.2 Å². The number of fused-ring (bicyclic) bond motifs is 3. The Labute approximate surface area is 224 Å². The van der Waals surface area contributed by atoms with Crippen molar-refractivity contribution in [2.45, 2.75) is 64.0 Å². The van der Waals surface area contributed by atoms with E-state index in [2.05, 4.69) is 46.3 Å². The Morgan fingerprint density at radius 2 is 1.74 bits per heavy atom. The Hall–Kier alpha value is -3.86. The van der Waals surface area contributed by atoms with E-state index in [1.54, 1.807) is 0 Å². The molecular formula is C30H36N4O4. The molecule has 0 bridgehead atoms. The first-order valence-corrected chi connectivity index (χ1v) is 13.5. The largest absolute Gasteiger partial charge is 0.449 e. The van der Waals surface area contributed by atoms with Crippen LogP contribution in [0.5, 0.6) is 0 Å². The lowest BCUT2D eigenvalue weighted by Crippen LogP contribution is -2.50. The van der Waals surface area contributed by atoms with E-state index in [0.29, 0.717) is 25.8 Å². The van der Waals surface area contributed by atoms with Crippen LogP contribution in [0.15, 0.2) is 48.5 Å². The topological polar surface area (TPSA) is 120 Å². The van der Waals surface area contributed by atoms with Crippen LogP contribution in [0.25, 0.3) is 11.1 Å². The second-order valence-corrected chi connectivity index (χ2v) is 10.5. The van der Waals surface area contributed by atoms with Gasteiger partial charge in [-0.05, 0) is 60.3 Å². The zero-order chi connectivity index (χ0) is 27.1. The summed E-state index contributed by atoms with van der Waals surface area (Å²) in [6.45, 7) is 4.76. The number of rotatable bonds is 10. The summed E-state index contributed by atoms with van der Waals surface area (Å²) in [7, 11) is 0. The number of nitrogens with zero attached hydrogens (tertiary/aromatic N) is 1. The number of hydrogen-bond donors (Lipinski definition) is 3. The Morgan fingerprint density at radius 3 is 2.34 bits per heavy atom. The number of carbonyl (C=O) groups excluding carboxylic acids is 3. The molecule has 8 heteroatoms. The molecule has 3 atom stereocenters. The van der Waals surface area contributed by atoms with Gasteiger partial charge >= 0.3 is 6.09 Å². The second-order valence-electron chi connectivity index (χ2n) is 10.5. The average Bonchev–Trinajstić information content (AvgIpc) is 3.23. The predicted molar refractivity (Wildman–Crippen MR) is 144 cm³/mol. The summed E-state index contributed by atoms with van der Waals surface area (Å²) < 4.78 is 5.63. The SMILES string of the molecule is CC(C)C[C@H](NC(=O)OCC1c2ccccc2-c2ccccc21)C(=O)N[C@H](C#N)CC[C@@H]1CCCNC1=O. The minimum Gasteiger partial charge on any atom is -0.449 e. The Morgan fingerprint density at radius 1 is 1.08 bits per heavy atom. The van der Waals surface area contributed by atoms with Crippen LogP contribution in [0.2, 0.25) is 0 Å². The van der Waals surface area contributed by atoms with Crippen molar-refractivity contribution in [2.24, 2.45) is 11.8 Å². The minimum atomic E-state index is -0.834. The maximum atomic E-state index is 13.1. The predicted octanol–water partition coefficient (Wildman–Crippen LogP) is 4.25. The molecule has 0 radical (unpaired) electrons. The fourth-order valence-corrected chi connectivity index (χ4v) is 5.41. The van der Waals surface area contributed by atoms with Crippen molar-refractivity contribution in [3.05, 3.63) is 59.7 Å². The Balaban J connectivity index is 1.34. The molecule has 2 aromatic carbocycles. The molecule has 1 heterocycles. The van der Waals surface area contributed by atoms with E-state index in [-0.39, 0.29) is 30.3 Å². The molecule has 1 aliphatic heterocycles. The highest BCUT2D eigenvalue weighted by Gasteiger charge is 2.31. The van der Waals surface area contributed by atoms with E-state index in [1.807, 2.05) is 38.1 Å². The van der Waals surface area contributed by atoms with E-state index < -0.39 is 24.1 Å². The second kappa shape index (κ2) is 12.6. The summed E-state index contributed by atoms with van der Waals surface area (Å²) in [5.74, 6) is -0.501. The van der Waals surface area contributed by atoms with Gasteiger partial charge in [0.1, 0.15) is 18.7 Å².